The van der Waals surface area contributed by atoms with Gasteiger partial charge in [0.2, 0.25) is 5.91 Å². The Morgan fingerprint density at radius 2 is 2.16 bits per heavy atom. The van der Waals surface area contributed by atoms with Gasteiger partial charge in [-0.05, 0) is 31.9 Å². The van der Waals surface area contributed by atoms with Crippen LogP contribution in [0.25, 0.3) is 0 Å². The summed E-state index contributed by atoms with van der Waals surface area (Å²) >= 11 is 1.72. The van der Waals surface area contributed by atoms with E-state index in [0.717, 1.165) is 25.1 Å². The molecule has 3 nitrogen and oxygen atoms in total. The number of carbonyl (C=O) groups is 1. The summed E-state index contributed by atoms with van der Waals surface area (Å²) in [5.41, 5.74) is 1.25. The zero-order chi connectivity index (χ0) is 13.7. The van der Waals surface area contributed by atoms with E-state index >= 15 is 0 Å². The minimum atomic E-state index is 0.0527. The summed E-state index contributed by atoms with van der Waals surface area (Å²) in [5.74, 6) is 0.979. The number of likely N-dealkylation sites (tertiary alicyclic amines) is 1. The molecule has 0 unspecified atom stereocenters. The van der Waals surface area contributed by atoms with E-state index in [2.05, 4.69) is 31.2 Å². The third-order valence-corrected chi connectivity index (χ3v) is 4.53. The van der Waals surface area contributed by atoms with E-state index in [-0.39, 0.29) is 18.6 Å². The molecule has 1 fully saturated rings. The first-order valence-electron chi connectivity index (χ1n) is 6.80. The van der Waals surface area contributed by atoms with Gasteiger partial charge in [0.25, 0.3) is 0 Å². The van der Waals surface area contributed by atoms with Crippen LogP contribution in [-0.2, 0) is 4.79 Å². The minimum Gasteiger partial charge on any atom is -0.394 e. The van der Waals surface area contributed by atoms with Crippen LogP contribution >= 0.6 is 11.8 Å². The minimum absolute atomic E-state index is 0.0527. The van der Waals surface area contributed by atoms with E-state index in [1.807, 2.05) is 4.90 Å². The Labute approximate surface area is 119 Å². The Morgan fingerprint density at radius 1 is 1.42 bits per heavy atom. The van der Waals surface area contributed by atoms with Crippen molar-refractivity contribution in [3.8, 4) is 0 Å². The highest BCUT2D eigenvalue weighted by Gasteiger charge is 2.27. The lowest BCUT2D eigenvalue weighted by molar-refractivity contribution is -0.132. The second-order valence-electron chi connectivity index (χ2n) is 4.98. The Bertz CT molecular complexity index is 419. The average Bonchev–Trinajstić information content (AvgIpc) is 2.89. The van der Waals surface area contributed by atoms with Crippen molar-refractivity contribution < 1.29 is 9.90 Å². The molecule has 0 bridgehead atoms. The molecular weight excluding hydrogens is 258 g/mol. The molecule has 1 amide bonds. The van der Waals surface area contributed by atoms with Gasteiger partial charge in [-0.3, -0.25) is 4.79 Å². The molecule has 1 N–H and O–H groups in total. The second kappa shape index (κ2) is 6.96. The molecule has 19 heavy (non-hydrogen) atoms. The lowest BCUT2D eigenvalue weighted by Crippen LogP contribution is -2.37. The summed E-state index contributed by atoms with van der Waals surface area (Å²) in [6.45, 7) is 2.97. The fourth-order valence-electron chi connectivity index (χ4n) is 2.39. The summed E-state index contributed by atoms with van der Waals surface area (Å²) in [5, 5.41) is 9.22. The number of rotatable bonds is 5. The summed E-state index contributed by atoms with van der Waals surface area (Å²) in [7, 11) is 0. The van der Waals surface area contributed by atoms with Crippen molar-refractivity contribution in [2.45, 2.75) is 37.1 Å². The van der Waals surface area contributed by atoms with Crippen molar-refractivity contribution >= 4 is 17.7 Å². The molecule has 104 valence electrons. The van der Waals surface area contributed by atoms with Crippen LogP contribution in [0, 0.1) is 6.92 Å². The number of amides is 1. The topological polar surface area (TPSA) is 40.5 Å². The van der Waals surface area contributed by atoms with Crippen LogP contribution in [0.5, 0.6) is 0 Å². The molecule has 0 radical (unpaired) electrons. The Morgan fingerprint density at radius 3 is 2.84 bits per heavy atom. The van der Waals surface area contributed by atoms with E-state index < -0.39 is 0 Å². The van der Waals surface area contributed by atoms with Crippen molar-refractivity contribution in [2.24, 2.45) is 0 Å². The fraction of sp³-hybridized carbons (Fsp3) is 0.533. The zero-order valence-corrected chi connectivity index (χ0v) is 12.2. The number of aliphatic hydroxyl groups excluding tert-OH is 1. The first-order valence-corrected chi connectivity index (χ1v) is 7.79. The molecule has 0 spiro atoms. The first kappa shape index (κ1) is 14.4. The van der Waals surface area contributed by atoms with E-state index in [0.29, 0.717) is 6.42 Å². The number of aryl methyl sites for hydroxylation is 1. The predicted molar refractivity (Wildman–Crippen MR) is 78.3 cm³/mol. The van der Waals surface area contributed by atoms with Gasteiger partial charge in [0.15, 0.2) is 0 Å². The molecule has 1 aromatic rings. The number of carbonyl (C=O) groups excluding carboxylic acids is 1. The summed E-state index contributed by atoms with van der Waals surface area (Å²) in [6, 6.07) is 8.42. The van der Waals surface area contributed by atoms with Crippen LogP contribution in [-0.4, -0.2) is 40.9 Å². The molecular formula is C15H21NO2S. The van der Waals surface area contributed by atoms with Crippen LogP contribution in [0.15, 0.2) is 29.2 Å². The van der Waals surface area contributed by atoms with Crippen molar-refractivity contribution in [1.82, 2.24) is 4.90 Å². The molecule has 1 saturated heterocycles. The number of benzene rings is 1. The average molecular weight is 279 g/mol. The third kappa shape index (κ3) is 3.98. The maximum absolute atomic E-state index is 12.1. The number of hydrogen-bond acceptors (Lipinski definition) is 3. The predicted octanol–water partition coefficient (Wildman–Crippen LogP) is 2.46. The van der Waals surface area contributed by atoms with Crippen LogP contribution < -0.4 is 0 Å². The quantitative estimate of drug-likeness (QED) is 0.842. The Hall–Kier alpha value is -1.00. The van der Waals surface area contributed by atoms with E-state index in [9.17, 15) is 9.90 Å². The third-order valence-electron chi connectivity index (χ3n) is 3.51. The van der Waals surface area contributed by atoms with Gasteiger partial charge in [0.1, 0.15) is 0 Å². The molecule has 1 aromatic carbocycles. The highest BCUT2D eigenvalue weighted by Crippen LogP contribution is 2.22. The maximum atomic E-state index is 12.1. The van der Waals surface area contributed by atoms with Gasteiger partial charge in [-0.15, -0.1) is 11.8 Å². The van der Waals surface area contributed by atoms with Crippen molar-refractivity contribution in [2.75, 3.05) is 18.9 Å². The normalized spacial score (nSPS) is 18.8. The second-order valence-corrected chi connectivity index (χ2v) is 6.15. The van der Waals surface area contributed by atoms with Crippen LogP contribution in [0.2, 0.25) is 0 Å². The van der Waals surface area contributed by atoms with E-state index in [4.69, 9.17) is 0 Å². The van der Waals surface area contributed by atoms with E-state index in [1.54, 1.807) is 11.8 Å². The zero-order valence-electron chi connectivity index (χ0n) is 11.3. The molecule has 1 aliphatic rings. The SMILES string of the molecule is Cc1ccc(SCCC(=O)N2CCC[C@@H]2CO)cc1. The standard InChI is InChI=1S/C15H21NO2S/c1-12-4-6-14(7-5-12)19-10-8-15(18)16-9-2-3-13(16)11-17/h4-7,13,17H,2-3,8-11H2,1H3/t13-/m1/s1. The van der Waals surface area contributed by atoms with Crippen LogP contribution in [0.3, 0.4) is 0 Å². The lowest BCUT2D eigenvalue weighted by Gasteiger charge is -2.22. The molecule has 0 saturated carbocycles. The van der Waals surface area contributed by atoms with Crippen LogP contribution in [0.4, 0.5) is 0 Å². The highest BCUT2D eigenvalue weighted by atomic mass is 32.2. The highest BCUT2D eigenvalue weighted by molar-refractivity contribution is 7.99. The van der Waals surface area contributed by atoms with Gasteiger partial charge in [0.05, 0.1) is 12.6 Å². The molecule has 2 rings (SSSR count). The number of aliphatic hydroxyl groups is 1. The number of nitrogens with zero attached hydrogens (tertiary/aromatic N) is 1. The number of hydrogen-bond donors (Lipinski definition) is 1. The van der Waals surface area contributed by atoms with Crippen molar-refractivity contribution in [3.63, 3.8) is 0 Å². The Balaban J connectivity index is 1.76. The lowest BCUT2D eigenvalue weighted by atomic mass is 10.2. The van der Waals surface area contributed by atoms with Gasteiger partial charge in [-0.25, -0.2) is 0 Å². The molecule has 1 atom stereocenters. The number of thioether (sulfide) groups is 1. The summed E-state index contributed by atoms with van der Waals surface area (Å²) in [6.07, 6.45) is 2.50. The van der Waals surface area contributed by atoms with Crippen molar-refractivity contribution in [3.05, 3.63) is 29.8 Å². The van der Waals surface area contributed by atoms with E-state index in [1.165, 1.54) is 10.5 Å². The maximum Gasteiger partial charge on any atom is 0.223 e. The summed E-state index contributed by atoms with van der Waals surface area (Å²) < 4.78 is 0. The van der Waals surface area contributed by atoms with Gasteiger partial charge in [-0.1, -0.05) is 17.7 Å². The van der Waals surface area contributed by atoms with Gasteiger partial charge < -0.3 is 10.0 Å². The smallest absolute Gasteiger partial charge is 0.223 e. The summed E-state index contributed by atoms with van der Waals surface area (Å²) in [4.78, 5) is 15.1. The Kier molecular flexibility index (Phi) is 5.28. The van der Waals surface area contributed by atoms with Gasteiger partial charge in [-0.2, -0.15) is 0 Å². The van der Waals surface area contributed by atoms with Crippen LogP contribution in [0.1, 0.15) is 24.8 Å². The molecule has 4 heteroatoms. The molecule has 0 aromatic heterocycles. The monoisotopic (exact) mass is 279 g/mol. The van der Waals surface area contributed by atoms with Crippen molar-refractivity contribution in [1.29, 1.82) is 0 Å². The molecule has 1 aliphatic heterocycles. The molecule has 1 heterocycles. The molecule has 0 aliphatic carbocycles. The van der Waals surface area contributed by atoms with Gasteiger partial charge >= 0.3 is 0 Å². The van der Waals surface area contributed by atoms with Gasteiger partial charge in [0, 0.05) is 23.6 Å². The first-order chi connectivity index (χ1) is 9.20. The largest absolute Gasteiger partial charge is 0.394 e. The fourth-order valence-corrected chi connectivity index (χ4v) is 3.23.